The zero-order chi connectivity index (χ0) is 22.8. The fourth-order valence-electron chi connectivity index (χ4n) is 3.74. The molecule has 1 heterocycles. The van der Waals surface area contributed by atoms with Gasteiger partial charge in [0.15, 0.2) is 0 Å². The van der Waals surface area contributed by atoms with Gasteiger partial charge in [-0.1, -0.05) is 6.07 Å². The van der Waals surface area contributed by atoms with Gasteiger partial charge >= 0.3 is 0 Å². The number of amides is 1. The van der Waals surface area contributed by atoms with Gasteiger partial charge in [0.05, 0.1) is 11.9 Å². The summed E-state index contributed by atoms with van der Waals surface area (Å²) < 4.78 is 26.2. The van der Waals surface area contributed by atoms with E-state index in [0.717, 1.165) is 49.2 Å². The number of carbonyl (C=O) groups is 1. The van der Waals surface area contributed by atoms with E-state index in [2.05, 4.69) is 22.2 Å². The maximum Gasteiger partial charge on any atom is 0.247 e. The highest BCUT2D eigenvalue weighted by molar-refractivity contribution is 7.92. The second kappa shape index (κ2) is 9.28. The van der Waals surface area contributed by atoms with Crippen LogP contribution < -0.4 is 14.5 Å². The number of carbonyl (C=O) groups excluding carboxylic acids is 1. The summed E-state index contributed by atoms with van der Waals surface area (Å²) in [6.07, 6.45) is 1.12. The number of hydrogen-bond donors (Lipinski definition) is 1. The van der Waals surface area contributed by atoms with Gasteiger partial charge in [0.25, 0.3) is 0 Å². The third-order valence-electron chi connectivity index (χ3n) is 5.84. The summed E-state index contributed by atoms with van der Waals surface area (Å²) in [6.45, 7) is 9.48. The standard InChI is InChI=1S/C23H32N4O3S/c1-17-6-9-22(16-18(17)2)27(31(5,29)30)19(3)23(28)24-20-7-10-21(11-8-20)26-14-12-25(4)13-15-26/h6-11,16,19H,12-15H2,1-5H3,(H,24,28). The molecular weight excluding hydrogens is 412 g/mol. The summed E-state index contributed by atoms with van der Waals surface area (Å²) in [6, 6.07) is 12.2. The molecule has 31 heavy (non-hydrogen) atoms. The first kappa shape index (κ1) is 23.1. The van der Waals surface area contributed by atoms with E-state index in [1.165, 1.54) is 4.31 Å². The van der Waals surface area contributed by atoms with Gasteiger partial charge in [-0.3, -0.25) is 9.10 Å². The van der Waals surface area contributed by atoms with Crippen LogP contribution in [0.15, 0.2) is 42.5 Å². The highest BCUT2D eigenvalue weighted by Crippen LogP contribution is 2.25. The predicted molar refractivity (Wildman–Crippen MR) is 127 cm³/mol. The average Bonchev–Trinajstić information content (AvgIpc) is 2.71. The van der Waals surface area contributed by atoms with E-state index in [1.807, 2.05) is 44.2 Å². The van der Waals surface area contributed by atoms with Crippen LogP contribution in [-0.2, 0) is 14.8 Å². The molecule has 1 aliphatic rings. The minimum atomic E-state index is -3.65. The highest BCUT2D eigenvalue weighted by atomic mass is 32.2. The zero-order valence-electron chi connectivity index (χ0n) is 18.9. The van der Waals surface area contributed by atoms with Crippen molar-refractivity contribution in [2.24, 2.45) is 0 Å². The maximum absolute atomic E-state index is 12.9. The maximum atomic E-state index is 12.9. The molecule has 8 heteroatoms. The van der Waals surface area contributed by atoms with Crippen LogP contribution in [0.1, 0.15) is 18.1 Å². The molecule has 1 aliphatic heterocycles. The molecule has 7 nitrogen and oxygen atoms in total. The highest BCUT2D eigenvalue weighted by Gasteiger charge is 2.29. The predicted octanol–water partition coefficient (Wildman–Crippen LogP) is 2.85. The SMILES string of the molecule is Cc1ccc(N(C(C)C(=O)Nc2ccc(N3CCN(C)CC3)cc2)S(C)(=O)=O)cc1C. The largest absolute Gasteiger partial charge is 0.369 e. The number of piperazine rings is 1. The number of anilines is 3. The molecule has 168 valence electrons. The Morgan fingerprint density at radius 1 is 1.00 bits per heavy atom. The van der Waals surface area contributed by atoms with Gasteiger partial charge in [0.2, 0.25) is 15.9 Å². The van der Waals surface area contributed by atoms with Crippen LogP contribution >= 0.6 is 0 Å². The quantitative estimate of drug-likeness (QED) is 0.742. The van der Waals surface area contributed by atoms with Gasteiger partial charge in [-0.25, -0.2) is 8.42 Å². The molecule has 0 aliphatic carbocycles. The molecule has 1 unspecified atom stereocenters. The van der Waals surface area contributed by atoms with E-state index in [9.17, 15) is 13.2 Å². The van der Waals surface area contributed by atoms with Gasteiger partial charge in [-0.15, -0.1) is 0 Å². The molecule has 3 rings (SSSR count). The van der Waals surface area contributed by atoms with E-state index in [0.29, 0.717) is 11.4 Å². The Labute approximate surface area is 185 Å². The number of nitrogens with one attached hydrogen (secondary N) is 1. The van der Waals surface area contributed by atoms with Crippen LogP contribution in [0.5, 0.6) is 0 Å². The van der Waals surface area contributed by atoms with E-state index in [4.69, 9.17) is 0 Å². The second-order valence-electron chi connectivity index (χ2n) is 8.33. The van der Waals surface area contributed by atoms with Crippen molar-refractivity contribution in [1.29, 1.82) is 0 Å². The first-order chi connectivity index (χ1) is 14.6. The molecule has 1 saturated heterocycles. The minimum absolute atomic E-state index is 0.379. The lowest BCUT2D eigenvalue weighted by Crippen LogP contribution is -2.45. The number of sulfonamides is 1. The molecule has 1 amide bonds. The van der Waals surface area contributed by atoms with Crippen molar-refractivity contribution >= 4 is 33.0 Å². The van der Waals surface area contributed by atoms with Crippen molar-refractivity contribution in [3.63, 3.8) is 0 Å². The number of rotatable bonds is 6. The van der Waals surface area contributed by atoms with Crippen LogP contribution in [0.3, 0.4) is 0 Å². The van der Waals surface area contributed by atoms with Crippen LogP contribution in [0.25, 0.3) is 0 Å². The average molecular weight is 445 g/mol. The molecule has 1 atom stereocenters. The molecule has 1 fully saturated rings. The fraction of sp³-hybridized carbons (Fsp3) is 0.435. The zero-order valence-corrected chi connectivity index (χ0v) is 19.7. The van der Waals surface area contributed by atoms with Crippen molar-refractivity contribution in [3.05, 3.63) is 53.6 Å². The lowest BCUT2D eigenvalue weighted by atomic mass is 10.1. The summed E-state index contributed by atoms with van der Waals surface area (Å²) >= 11 is 0. The Morgan fingerprint density at radius 3 is 2.16 bits per heavy atom. The van der Waals surface area contributed by atoms with Crippen LogP contribution in [0.2, 0.25) is 0 Å². The molecule has 0 saturated carbocycles. The summed E-state index contributed by atoms with van der Waals surface area (Å²) in [7, 11) is -1.53. The van der Waals surface area contributed by atoms with Gasteiger partial charge in [-0.05, 0) is 75.3 Å². The van der Waals surface area contributed by atoms with E-state index in [1.54, 1.807) is 19.1 Å². The molecular formula is C23H32N4O3S. The van der Waals surface area contributed by atoms with Crippen molar-refractivity contribution in [3.8, 4) is 0 Å². The Balaban J connectivity index is 1.74. The van der Waals surface area contributed by atoms with E-state index < -0.39 is 16.1 Å². The Kier molecular flexibility index (Phi) is 6.91. The first-order valence-electron chi connectivity index (χ1n) is 10.5. The molecule has 0 aromatic heterocycles. The number of likely N-dealkylation sites (N-methyl/N-ethyl adjacent to an activating group) is 1. The second-order valence-corrected chi connectivity index (χ2v) is 10.2. The normalized spacial score (nSPS) is 16.1. The summed E-state index contributed by atoms with van der Waals surface area (Å²) in [5.41, 5.74) is 4.28. The number of aryl methyl sites for hydroxylation is 2. The molecule has 2 aromatic carbocycles. The Bertz CT molecular complexity index is 1030. The Hall–Kier alpha value is -2.58. The topological polar surface area (TPSA) is 73.0 Å². The van der Waals surface area contributed by atoms with Crippen molar-refractivity contribution in [2.45, 2.75) is 26.8 Å². The first-order valence-corrected chi connectivity index (χ1v) is 12.3. The third-order valence-corrected chi connectivity index (χ3v) is 7.08. The molecule has 0 radical (unpaired) electrons. The smallest absolute Gasteiger partial charge is 0.247 e. The van der Waals surface area contributed by atoms with Gasteiger partial charge in [0, 0.05) is 37.6 Å². The summed E-state index contributed by atoms with van der Waals surface area (Å²) in [5.74, 6) is -0.379. The lowest BCUT2D eigenvalue weighted by Gasteiger charge is -2.34. The number of hydrogen-bond acceptors (Lipinski definition) is 5. The van der Waals surface area contributed by atoms with Crippen molar-refractivity contribution < 1.29 is 13.2 Å². The summed E-state index contributed by atoms with van der Waals surface area (Å²) in [5, 5.41) is 2.86. The minimum Gasteiger partial charge on any atom is -0.369 e. The van der Waals surface area contributed by atoms with Gasteiger partial charge in [0.1, 0.15) is 6.04 Å². The monoisotopic (exact) mass is 444 g/mol. The molecule has 2 aromatic rings. The fourth-order valence-corrected chi connectivity index (χ4v) is 4.91. The Morgan fingerprint density at radius 2 is 1.61 bits per heavy atom. The molecule has 0 bridgehead atoms. The number of nitrogens with zero attached hydrogens (tertiary/aromatic N) is 3. The van der Waals surface area contributed by atoms with Gasteiger partial charge in [-0.2, -0.15) is 0 Å². The summed E-state index contributed by atoms with van der Waals surface area (Å²) in [4.78, 5) is 17.5. The van der Waals surface area contributed by atoms with Crippen LogP contribution in [0.4, 0.5) is 17.1 Å². The van der Waals surface area contributed by atoms with E-state index in [-0.39, 0.29) is 5.91 Å². The van der Waals surface area contributed by atoms with Gasteiger partial charge < -0.3 is 15.1 Å². The van der Waals surface area contributed by atoms with E-state index >= 15 is 0 Å². The van der Waals surface area contributed by atoms with Crippen molar-refractivity contribution in [2.75, 3.05) is 54.0 Å². The van der Waals surface area contributed by atoms with Crippen LogP contribution in [-0.4, -0.2) is 64.7 Å². The third kappa shape index (κ3) is 5.57. The number of benzene rings is 2. The van der Waals surface area contributed by atoms with Crippen molar-refractivity contribution in [1.82, 2.24) is 4.90 Å². The lowest BCUT2D eigenvalue weighted by molar-refractivity contribution is -0.116. The van der Waals surface area contributed by atoms with Crippen LogP contribution in [0, 0.1) is 13.8 Å². The molecule has 0 spiro atoms. The molecule has 1 N–H and O–H groups in total.